The van der Waals surface area contributed by atoms with Crippen LogP contribution in [-0.4, -0.2) is 74.1 Å². The molecule has 5 nitrogen and oxygen atoms in total. The van der Waals surface area contributed by atoms with Crippen molar-refractivity contribution >= 4 is 23.3 Å². The van der Waals surface area contributed by atoms with Gasteiger partial charge in [-0.3, -0.25) is 4.90 Å². The second-order valence-corrected chi connectivity index (χ2v) is 7.26. The summed E-state index contributed by atoms with van der Waals surface area (Å²) in [5, 5.41) is 3.58. The summed E-state index contributed by atoms with van der Waals surface area (Å²) in [5.41, 5.74) is 2.82. The third-order valence-electron chi connectivity index (χ3n) is 4.40. The number of halogens is 1. The summed E-state index contributed by atoms with van der Waals surface area (Å²) in [6.45, 7) is 9.55. The number of hydrogen-bond acceptors (Lipinski definition) is 3. The number of nitrogens with one attached hydrogen (secondary N) is 1. The fourth-order valence-corrected chi connectivity index (χ4v) is 3.41. The molecule has 0 saturated carbocycles. The van der Waals surface area contributed by atoms with Gasteiger partial charge in [0.1, 0.15) is 0 Å². The van der Waals surface area contributed by atoms with E-state index in [0.717, 1.165) is 62.5 Å². The molecule has 0 aliphatic carbocycles. The van der Waals surface area contributed by atoms with Gasteiger partial charge in [0.2, 0.25) is 0 Å². The van der Waals surface area contributed by atoms with Gasteiger partial charge in [-0.15, -0.1) is 0 Å². The summed E-state index contributed by atoms with van der Waals surface area (Å²) >= 11 is 6.28. The number of carbonyl (C=O) groups is 1. The monoisotopic (exact) mass is 352 g/mol. The van der Waals surface area contributed by atoms with Crippen molar-refractivity contribution < 1.29 is 4.79 Å². The molecule has 1 aliphatic rings. The molecule has 0 unspecified atom stereocenters. The number of hydrogen-bond donors (Lipinski definition) is 1. The van der Waals surface area contributed by atoms with Gasteiger partial charge < -0.3 is 15.1 Å². The fourth-order valence-electron chi connectivity index (χ4n) is 3.05. The molecule has 24 heavy (non-hydrogen) atoms. The van der Waals surface area contributed by atoms with E-state index in [2.05, 4.69) is 29.2 Å². The highest BCUT2D eigenvalue weighted by molar-refractivity contribution is 6.34. The van der Waals surface area contributed by atoms with Crippen molar-refractivity contribution in [3.63, 3.8) is 0 Å². The first kappa shape index (κ1) is 19.0. The van der Waals surface area contributed by atoms with Crippen molar-refractivity contribution in [3.05, 3.63) is 28.3 Å². The van der Waals surface area contributed by atoms with E-state index < -0.39 is 0 Å². The lowest BCUT2D eigenvalue weighted by Crippen LogP contribution is -2.50. The van der Waals surface area contributed by atoms with Crippen molar-refractivity contribution in [2.75, 3.05) is 58.7 Å². The van der Waals surface area contributed by atoms with Crippen molar-refractivity contribution in [2.45, 2.75) is 20.3 Å². The first-order chi connectivity index (χ1) is 11.4. The van der Waals surface area contributed by atoms with Gasteiger partial charge in [0.15, 0.2) is 0 Å². The normalized spacial score (nSPS) is 15.8. The van der Waals surface area contributed by atoms with E-state index in [-0.39, 0.29) is 6.03 Å². The van der Waals surface area contributed by atoms with Crippen LogP contribution in [0.3, 0.4) is 0 Å². The molecule has 6 heteroatoms. The van der Waals surface area contributed by atoms with Gasteiger partial charge in [-0.25, -0.2) is 4.79 Å². The largest absolute Gasteiger partial charge is 0.322 e. The lowest BCUT2D eigenvalue weighted by atomic mass is 10.1. The average Bonchev–Trinajstić information content (AvgIpc) is 2.51. The quantitative estimate of drug-likeness (QED) is 0.885. The van der Waals surface area contributed by atoms with E-state index in [1.54, 1.807) is 0 Å². The second-order valence-electron chi connectivity index (χ2n) is 6.85. The molecule has 0 aromatic heterocycles. The molecule has 0 radical (unpaired) electrons. The number of benzene rings is 1. The summed E-state index contributed by atoms with van der Waals surface area (Å²) in [5.74, 6) is 0. The molecule has 1 aliphatic heterocycles. The number of nitrogens with zero attached hydrogens (tertiary/aromatic N) is 3. The lowest BCUT2D eigenvalue weighted by Gasteiger charge is -2.35. The summed E-state index contributed by atoms with van der Waals surface area (Å²) in [6.07, 6.45) is 1.16. The first-order valence-electron chi connectivity index (χ1n) is 8.56. The summed E-state index contributed by atoms with van der Waals surface area (Å²) in [4.78, 5) is 19.0. The zero-order valence-electron chi connectivity index (χ0n) is 15.2. The van der Waals surface area contributed by atoms with Crippen LogP contribution in [0, 0.1) is 13.8 Å². The van der Waals surface area contributed by atoms with Crippen molar-refractivity contribution in [1.82, 2.24) is 14.7 Å². The minimum atomic E-state index is -0.0585. The number of amides is 2. The molecule has 2 rings (SSSR count). The van der Waals surface area contributed by atoms with Gasteiger partial charge in [-0.1, -0.05) is 17.7 Å². The summed E-state index contributed by atoms with van der Waals surface area (Å²) in [7, 11) is 4.20. The predicted octanol–water partition coefficient (Wildman–Crippen LogP) is 3.06. The summed E-state index contributed by atoms with van der Waals surface area (Å²) in [6, 6.07) is 3.86. The average molecular weight is 353 g/mol. The number of piperazine rings is 1. The molecular formula is C18H29ClN4O. The highest BCUT2D eigenvalue weighted by Gasteiger charge is 2.21. The maximum atomic E-state index is 12.5. The van der Waals surface area contributed by atoms with E-state index in [4.69, 9.17) is 11.6 Å². The van der Waals surface area contributed by atoms with Gasteiger partial charge >= 0.3 is 6.03 Å². The maximum Gasteiger partial charge on any atom is 0.321 e. The number of anilines is 1. The molecule has 0 bridgehead atoms. The number of urea groups is 1. The Bertz CT molecular complexity index is 545. The van der Waals surface area contributed by atoms with Gasteiger partial charge in [-0.2, -0.15) is 0 Å². The Morgan fingerprint density at radius 2 is 1.88 bits per heavy atom. The minimum Gasteiger partial charge on any atom is -0.322 e. The van der Waals surface area contributed by atoms with Gasteiger partial charge in [0.25, 0.3) is 0 Å². The Kier molecular flexibility index (Phi) is 6.90. The van der Waals surface area contributed by atoms with E-state index in [1.807, 2.05) is 30.9 Å². The molecule has 134 valence electrons. The zero-order chi connectivity index (χ0) is 17.7. The van der Waals surface area contributed by atoms with Crippen molar-refractivity contribution in [3.8, 4) is 0 Å². The van der Waals surface area contributed by atoms with Gasteiger partial charge in [0.05, 0.1) is 10.7 Å². The SMILES string of the molecule is Cc1cc(C)c(NC(=O)N2CCN(CCCN(C)C)CC2)c(Cl)c1. The number of aryl methyl sites for hydroxylation is 2. The van der Waals surface area contributed by atoms with E-state index in [9.17, 15) is 4.79 Å². The zero-order valence-corrected chi connectivity index (χ0v) is 16.0. The van der Waals surface area contributed by atoms with Crippen LogP contribution in [0.5, 0.6) is 0 Å². The van der Waals surface area contributed by atoms with Gasteiger partial charge in [0, 0.05) is 26.2 Å². The highest BCUT2D eigenvalue weighted by atomic mass is 35.5. The molecule has 1 N–H and O–H groups in total. The molecule has 1 fully saturated rings. The van der Waals surface area contributed by atoms with Gasteiger partial charge in [-0.05, 0) is 64.6 Å². The maximum absolute atomic E-state index is 12.5. The molecule has 1 aromatic rings. The van der Waals surface area contributed by atoms with E-state index >= 15 is 0 Å². The number of rotatable bonds is 5. The Morgan fingerprint density at radius 3 is 2.46 bits per heavy atom. The third kappa shape index (κ3) is 5.36. The van der Waals surface area contributed by atoms with Crippen LogP contribution in [0.1, 0.15) is 17.5 Å². The molecule has 1 heterocycles. The van der Waals surface area contributed by atoms with Crippen LogP contribution in [0.2, 0.25) is 5.02 Å². The molecule has 1 aromatic carbocycles. The molecular weight excluding hydrogens is 324 g/mol. The Morgan fingerprint density at radius 1 is 1.21 bits per heavy atom. The van der Waals surface area contributed by atoms with Crippen LogP contribution in [-0.2, 0) is 0 Å². The van der Waals surface area contributed by atoms with Crippen LogP contribution >= 0.6 is 11.6 Å². The van der Waals surface area contributed by atoms with Crippen LogP contribution in [0.25, 0.3) is 0 Å². The van der Waals surface area contributed by atoms with E-state index in [1.165, 1.54) is 0 Å². The second kappa shape index (κ2) is 8.70. The first-order valence-corrected chi connectivity index (χ1v) is 8.94. The minimum absolute atomic E-state index is 0.0585. The Labute approximate surface area is 150 Å². The molecule has 0 spiro atoms. The van der Waals surface area contributed by atoms with Crippen molar-refractivity contribution in [1.29, 1.82) is 0 Å². The smallest absolute Gasteiger partial charge is 0.321 e. The molecule has 0 atom stereocenters. The standard InChI is InChI=1S/C18H29ClN4O/c1-14-12-15(2)17(16(19)13-14)20-18(24)23-10-8-22(9-11-23)7-5-6-21(3)4/h12-13H,5-11H2,1-4H3,(H,20,24). The number of carbonyl (C=O) groups excluding carboxylic acids is 1. The van der Waals surface area contributed by atoms with E-state index in [0.29, 0.717) is 5.02 Å². The predicted molar refractivity (Wildman–Crippen MR) is 101 cm³/mol. The van der Waals surface area contributed by atoms with Crippen LogP contribution < -0.4 is 5.32 Å². The topological polar surface area (TPSA) is 38.8 Å². The Hall–Kier alpha value is -1.30. The Balaban J connectivity index is 1.83. The highest BCUT2D eigenvalue weighted by Crippen LogP contribution is 2.27. The van der Waals surface area contributed by atoms with Crippen LogP contribution in [0.4, 0.5) is 10.5 Å². The van der Waals surface area contributed by atoms with Crippen LogP contribution in [0.15, 0.2) is 12.1 Å². The molecule has 2 amide bonds. The third-order valence-corrected chi connectivity index (χ3v) is 4.70. The van der Waals surface area contributed by atoms with Crippen molar-refractivity contribution in [2.24, 2.45) is 0 Å². The lowest BCUT2D eigenvalue weighted by molar-refractivity contribution is 0.144. The summed E-state index contributed by atoms with van der Waals surface area (Å²) < 4.78 is 0. The fraction of sp³-hybridized carbons (Fsp3) is 0.611. The molecule has 1 saturated heterocycles.